The topological polar surface area (TPSA) is 12.5 Å². The van der Waals surface area contributed by atoms with Crippen molar-refractivity contribution in [2.75, 3.05) is 52.4 Å². The van der Waals surface area contributed by atoms with E-state index in [4.69, 9.17) is 0 Å². The van der Waals surface area contributed by atoms with Gasteiger partial charge >= 0.3 is 0 Å². The zero-order valence-corrected chi connectivity index (χ0v) is 22.8. The van der Waals surface area contributed by atoms with Crippen LogP contribution in [-0.4, -0.2) is 83.0 Å². The summed E-state index contributed by atoms with van der Waals surface area (Å²) < 4.78 is 5.43. The third kappa shape index (κ3) is 7.99. The first-order valence-electron chi connectivity index (χ1n) is 14.8. The van der Waals surface area contributed by atoms with Crippen LogP contribution in [0.1, 0.15) is 118 Å². The summed E-state index contributed by atoms with van der Waals surface area (Å²) in [6.07, 6.45) is 19.3. The smallest absolute Gasteiger partial charge is 0.246 e. The Balaban J connectivity index is 0.00000149. The number of amidine groups is 2. The highest BCUT2D eigenvalue weighted by Gasteiger charge is 2.30. The van der Waals surface area contributed by atoms with Gasteiger partial charge in [0.25, 0.3) is 0 Å². The molecule has 0 aromatic heterocycles. The molecule has 0 amide bonds. The van der Waals surface area contributed by atoms with E-state index >= 15 is 0 Å². The molecule has 0 saturated carbocycles. The monoisotopic (exact) mass is 460 g/mol. The highest BCUT2D eigenvalue weighted by Crippen LogP contribution is 2.29. The van der Waals surface area contributed by atoms with Gasteiger partial charge in [-0.05, 0) is 69.6 Å². The van der Waals surface area contributed by atoms with Gasteiger partial charge in [0.05, 0.1) is 52.4 Å². The lowest BCUT2D eigenvalue weighted by Gasteiger charge is -2.30. The van der Waals surface area contributed by atoms with Crippen LogP contribution in [-0.2, 0) is 0 Å². The largest absolute Gasteiger partial charge is 0.266 e. The molecular weight excluding hydrogens is 404 g/mol. The summed E-state index contributed by atoms with van der Waals surface area (Å²) in [6.45, 7) is 19.5. The van der Waals surface area contributed by atoms with Crippen molar-refractivity contribution in [3.05, 3.63) is 0 Å². The maximum atomic E-state index is 2.76. The molecule has 4 heteroatoms. The maximum Gasteiger partial charge on any atom is 0.246 e. The van der Waals surface area contributed by atoms with Crippen LogP contribution in [0.5, 0.6) is 0 Å². The molecule has 0 bridgehead atoms. The molecular formula is C29H56N4+2. The molecule has 0 saturated heterocycles. The highest BCUT2D eigenvalue weighted by molar-refractivity contribution is 5.78. The van der Waals surface area contributed by atoms with Crippen LogP contribution in [0.3, 0.4) is 0 Å². The van der Waals surface area contributed by atoms with Crippen molar-refractivity contribution in [1.82, 2.24) is 9.80 Å². The van der Waals surface area contributed by atoms with Gasteiger partial charge in [-0.1, -0.05) is 27.7 Å². The fourth-order valence-electron chi connectivity index (χ4n) is 6.56. The number of rotatable bonds is 8. The fourth-order valence-corrected chi connectivity index (χ4v) is 6.56. The summed E-state index contributed by atoms with van der Waals surface area (Å²) in [7, 11) is 0. The molecule has 0 aromatic carbocycles. The molecule has 4 aliphatic rings. The third-order valence-corrected chi connectivity index (χ3v) is 8.39. The van der Waals surface area contributed by atoms with E-state index in [9.17, 15) is 0 Å². The van der Waals surface area contributed by atoms with Crippen LogP contribution < -0.4 is 0 Å². The van der Waals surface area contributed by atoms with Gasteiger partial charge < -0.3 is 0 Å². The average Bonchev–Trinajstić information content (AvgIpc) is 3.22. The summed E-state index contributed by atoms with van der Waals surface area (Å²) in [5.74, 6) is 3.38. The molecule has 0 aromatic rings. The van der Waals surface area contributed by atoms with Crippen molar-refractivity contribution < 1.29 is 9.15 Å². The Hall–Kier alpha value is -1.06. The Morgan fingerprint density at radius 2 is 1.03 bits per heavy atom. The van der Waals surface area contributed by atoms with E-state index in [1.807, 2.05) is 13.8 Å². The minimum atomic E-state index is 0.479. The van der Waals surface area contributed by atoms with Crippen LogP contribution in [0.25, 0.3) is 0 Å². The Labute approximate surface area is 206 Å². The van der Waals surface area contributed by atoms with E-state index in [0.29, 0.717) is 5.41 Å². The van der Waals surface area contributed by atoms with Crippen molar-refractivity contribution in [2.45, 2.75) is 118 Å². The predicted octanol–water partition coefficient (Wildman–Crippen LogP) is 5.98. The van der Waals surface area contributed by atoms with Crippen molar-refractivity contribution >= 4 is 11.7 Å². The number of hydrogen-bond donors (Lipinski definition) is 0. The van der Waals surface area contributed by atoms with Gasteiger partial charge in [0.1, 0.15) is 0 Å². The quantitative estimate of drug-likeness (QED) is 0.413. The minimum Gasteiger partial charge on any atom is -0.266 e. The molecule has 4 heterocycles. The van der Waals surface area contributed by atoms with E-state index in [0.717, 1.165) is 0 Å². The first-order chi connectivity index (χ1) is 16.1. The van der Waals surface area contributed by atoms with E-state index in [1.165, 1.54) is 142 Å². The molecule has 0 fully saturated rings. The lowest BCUT2D eigenvalue weighted by atomic mass is 9.83. The Bertz CT molecular complexity index is 594. The molecule has 4 nitrogen and oxygen atoms in total. The van der Waals surface area contributed by atoms with Crippen LogP contribution in [0.4, 0.5) is 0 Å². The van der Waals surface area contributed by atoms with Crippen LogP contribution >= 0.6 is 0 Å². The highest BCUT2D eigenvalue weighted by atomic mass is 15.3. The van der Waals surface area contributed by atoms with Gasteiger partial charge in [-0.3, -0.25) is 19.0 Å². The molecule has 0 aliphatic carbocycles. The summed E-state index contributed by atoms with van der Waals surface area (Å²) in [5.41, 5.74) is 0.479. The molecule has 33 heavy (non-hydrogen) atoms. The molecule has 190 valence electrons. The van der Waals surface area contributed by atoms with Gasteiger partial charge in [0.15, 0.2) is 0 Å². The van der Waals surface area contributed by atoms with Crippen molar-refractivity contribution in [3.8, 4) is 0 Å². The molecule has 4 rings (SSSR count). The van der Waals surface area contributed by atoms with Crippen molar-refractivity contribution in [3.63, 3.8) is 0 Å². The average molecular weight is 461 g/mol. The normalized spacial score (nSPS) is 22.2. The molecule has 4 aliphatic heterocycles. The van der Waals surface area contributed by atoms with Crippen LogP contribution in [0, 0.1) is 5.41 Å². The van der Waals surface area contributed by atoms with Crippen molar-refractivity contribution in [2.24, 2.45) is 5.41 Å². The summed E-state index contributed by atoms with van der Waals surface area (Å²) in [6, 6.07) is 0. The molecule has 0 radical (unpaired) electrons. The second-order valence-corrected chi connectivity index (χ2v) is 11.5. The van der Waals surface area contributed by atoms with Gasteiger partial charge in [0.2, 0.25) is 11.7 Å². The third-order valence-electron chi connectivity index (χ3n) is 8.39. The van der Waals surface area contributed by atoms with E-state index in [1.54, 1.807) is 11.7 Å². The van der Waals surface area contributed by atoms with Crippen molar-refractivity contribution in [1.29, 1.82) is 0 Å². The Morgan fingerprint density at radius 3 is 1.48 bits per heavy atom. The van der Waals surface area contributed by atoms with E-state index in [-0.39, 0.29) is 0 Å². The molecule has 0 atom stereocenters. The predicted molar refractivity (Wildman–Crippen MR) is 143 cm³/mol. The zero-order chi connectivity index (χ0) is 23.5. The standard InChI is InChI=1S/C27H50N4.C2H6/c1-27(2,15-9-19-30-23-11-21-28-17-7-3-5-13-25(28)30)16-10-20-31-24-12-22-29-18-8-4-6-14-26(29)31;1-2/h3-24H2,1-2H3;1-2H3/q+2;. The van der Waals surface area contributed by atoms with Gasteiger partial charge in [-0.2, -0.15) is 0 Å². The zero-order valence-electron chi connectivity index (χ0n) is 22.8. The number of hydrogen-bond acceptors (Lipinski definition) is 2. The van der Waals surface area contributed by atoms with Gasteiger partial charge in [-0.15, -0.1) is 0 Å². The minimum absolute atomic E-state index is 0.479. The SMILES string of the molecule is CC.CC(C)(CCCN1CCC[N+]2=C1CCCCC2)CCCN1CCC[N+]2=C1CCCCC2. The van der Waals surface area contributed by atoms with Crippen LogP contribution in [0.2, 0.25) is 0 Å². The molecule has 0 unspecified atom stereocenters. The first kappa shape index (κ1) is 26.5. The number of nitrogens with zero attached hydrogens (tertiary/aromatic N) is 4. The van der Waals surface area contributed by atoms with Gasteiger partial charge in [-0.25, -0.2) is 0 Å². The first-order valence-corrected chi connectivity index (χ1v) is 14.8. The lowest BCUT2D eigenvalue weighted by molar-refractivity contribution is -0.539. The molecule has 0 N–H and O–H groups in total. The van der Waals surface area contributed by atoms with E-state index < -0.39 is 0 Å². The Morgan fingerprint density at radius 1 is 0.606 bits per heavy atom. The van der Waals surface area contributed by atoms with Gasteiger partial charge in [0, 0.05) is 25.7 Å². The Kier molecular flexibility index (Phi) is 11.0. The molecule has 0 spiro atoms. The van der Waals surface area contributed by atoms with Crippen LogP contribution in [0.15, 0.2) is 0 Å². The second-order valence-electron chi connectivity index (χ2n) is 11.5. The van der Waals surface area contributed by atoms with E-state index in [2.05, 4.69) is 32.8 Å². The lowest BCUT2D eigenvalue weighted by Crippen LogP contribution is -2.44. The summed E-state index contributed by atoms with van der Waals surface area (Å²) in [5, 5.41) is 0. The summed E-state index contributed by atoms with van der Waals surface area (Å²) >= 11 is 0. The summed E-state index contributed by atoms with van der Waals surface area (Å²) in [4.78, 5) is 5.52. The maximum absolute atomic E-state index is 2.76. The second kappa shape index (κ2) is 13.7. The fraction of sp³-hybridized carbons (Fsp3) is 0.931.